The first-order valence-corrected chi connectivity index (χ1v) is 10.3. The number of aliphatic imine (C=N–C) groups is 1. The van der Waals surface area contributed by atoms with Gasteiger partial charge in [0, 0.05) is 36.9 Å². The monoisotopic (exact) mass is 427 g/mol. The van der Waals surface area contributed by atoms with Crippen molar-refractivity contribution in [2.24, 2.45) is 10.7 Å². The molecule has 0 amide bonds. The van der Waals surface area contributed by atoms with Gasteiger partial charge in [0.25, 0.3) is 0 Å². The van der Waals surface area contributed by atoms with Crippen LogP contribution in [0.2, 0.25) is 0 Å². The zero-order chi connectivity index (χ0) is 22.5. The summed E-state index contributed by atoms with van der Waals surface area (Å²) >= 11 is 0. The molecule has 0 aliphatic carbocycles. The molecule has 0 saturated carbocycles. The third-order valence-corrected chi connectivity index (χ3v) is 5.01. The number of aromatic nitrogens is 6. The van der Waals surface area contributed by atoms with E-state index < -0.39 is 0 Å². The molecule has 0 aliphatic heterocycles. The molecule has 32 heavy (non-hydrogen) atoms. The first-order chi connectivity index (χ1) is 15.6. The summed E-state index contributed by atoms with van der Waals surface area (Å²) in [4.78, 5) is 17.4. The lowest BCUT2D eigenvalue weighted by atomic mass is 10.0. The van der Waals surface area contributed by atoms with Crippen LogP contribution in [-0.4, -0.2) is 42.4 Å². The largest absolute Gasteiger partial charge is 0.404 e. The van der Waals surface area contributed by atoms with Gasteiger partial charge in [0.1, 0.15) is 11.7 Å². The average Bonchev–Trinajstić information content (AvgIpc) is 3.21. The number of rotatable bonds is 6. The molecule has 0 spiro atoms. The van der Waals surface area contributed by atoms with Crippen LogP contribution >= 0.6 is 0 Å². The quantitative estimate of drug-likeness (QED) is 0.358. The lowest BCUT2D eigenvalue weighted by Crippen LogP contribution is -2.12. The van der Waals surface area contributed by atoms with Crippen molar-refractivity contribution in [2.45, 2.75) is 26.2 Å². The van der Waals surface area contributed by atoms with Gasteiger partial charge >= 0.3 is 0 Å². The molecule has 4 rings (SSSR count). The van der Waals surface area contributed by atoms with Crippen LogP contribution in [0, 0.1) is 0 Å². The van der Waals surface area contributed by atoms with Crippen molar-refractivity contribution in [1.29, 1.82) is 0 Å². The maximum absolute atomic E-state index is 5.44. The van der Waals surface area contributed by atoms with Gasteiger partial charge in [-0.15, -0.1) is 10.2 Å². The van der Waals surface area contributed by atoms with E-state index >= 15 is 0 Å². The predicted molar refractivity (Wildman–Crippen MR) is 125 cm³/mol. The van der Waals surface area contributed by atoms with Gasteiger partial charge in [0.2, 0.25) is 5.95 Å². The third kappa shape index (κ3) is 4.61. The van der Waals surface area contributed by atoms with Gasteiger partial charge in [-0.25, -0.2) is 9.97 Å². The number of hydrogen-bond acceptors (Lipinski definition) is 7. The summed E-state index contributed by atoms with van der Waals surface area (Å²) in [5.74, 6) is 2.28. The van der Waals surface area contributed by atoms with Gasteiger partial charge in [0.15, 0.2) is 5.65 Å². The Balaban J connectivity index is 1.59. The molecule has 9 heteroatoms. The zero-order valence-corrected chi connectivity index (χ0v) is 18.3. The van der Waals surface area contributed by atoms with Gasteiger partial charge in [-0.05, 0) is 54.1 Å². The highest BCUT2D eigenvalue weighted by atomic mass is 15.2. The number of nitrogens with zero attached hydrogens (tertiary/aromatic N) is 7. The van der Waals surface area contributed by atoms with Crippen molar-refractivity contribution < 1.29 is 0 Å². The highest BCUT2D eigenvalue weighted by Gasteiger charge is 2.11. The lowest BCUT2D eigenvalue weighted by Gasteiger charge is -2.08. The molecule has 162 valence electrons. The molecule has 0 radical (unpaired) electrons. The van der Waals surface area contributed by atoms with Crippen LogP contribution < -0.4 is 11.1 Å². The minimum Gasteiger partial charge on any atom is -0.404 e. The molecule has 0 fully saturated rings. The van der Waals surface area contributed by atoms with Gasteiger partial charge in [-0.2, -0.15) is 0 Å². The van der Waals surface area contributed by atoms with Gasteiger partial charge in [-0.3, -0.25) is 14.4 Å². The van der Waals surface area contributed by atoms with E-state index in [0.717, 1.165) is 28.4 Å². The Morgan fingerprint density at radius 2 is 2.00 bits per heavy atom. The van der Waals surface area contributed by atoms with Crippen LogP contribution in [0.25, 0.3) is 16.9 Å². The molecule has 0 unspecified atom stereocenters. The van der Waals surface area contributed by atoms with E-state index in [1.54, 1.807) is 19.3 Å². The minimum atomic E-state index is 0.430. The van der Waals surface area contributed by atoms with Crippen LogP contribution in [-0.2, 0) is 6.42 Å². The molecule has 0 aromatic carbocycles. The molecule has 0 atom stereocenters. The molecule has 0 saturated heterocycles. The Labute approximate surface area is 186 Å². The zero-order valence-electron chi connectivity index (χ0n) is 18.3. The summed E-state index contributed by atoms with van der Waals surface area (Å²) in [7, 11) is 1.66. The summed E-state index contributed by atoms with van der Waals surface area (Å²) in [6, 6.07) is 9.96. The Morgan fingerprint density at radius 1 is 1.16 bits per heavy atom. The van der Waals surface area contributed by atoms with Crippen molar-refractivity contribution in [3.8, 4) is 11.3 Å². The van der Waals surface area contributed by atoms with Crippen molar-refractivity contribution in [3.63, 3.8) is 0 Å². The summed E-state index contributed by atoms with van der Waals surface area (Å²) in [5.41, 5.74) is 10.1. The highest BCUT2D eigenvalue weighted by Crippen LogP contribution is 2.21. The van der Waals surface area contributed by atoms with E-state index in [9.17, 15) is 0 Å². The lowest BCUT2D eigenvalue weighted by molar-refractivity contribution is 0.847. The maximum Gasteiger partial charge on any atom is 0.228 e. The van der Waals surface area contributed by atoms with E-state index in [0.29, 0.717) is 24.1 Å². The molecule has 3 N–H and O–H groups in total. The predicted octanol–water partition coefficient (Wildman–Crippen LogP) is 3.21. The van der Waals surface area contributed by atoms with Crippen molar-refractivity contribution >= 4 is 17.4 Å². The van der Waals surface area contributed by atoms with Crippen LogP contribution in [0.1, 0.15) is 36.8 Å². The summed E-state index contributed by atoms with van der Waals surface area (Å²) in [5, 5.41) is 11.8. The second kappa shape index (κ2) is 9.34. The molecule has 0 bridgehead atoms. The summed E-state index contributed by atoms with van der Waals surface area (Å²) in [6.07, 6.45) is 9.16. The van der Waals surface area contributed by atoms with E-state index in [4.69, 9.17) is 5.73 Å². The van der Waals surface area contributed by atoms with Crippen LogP contribution in [0.4, 0.5) is 5.95 Å². The van der Waals surface area contributed by atoms with E-state index in [1.807, 2.05) is 35.0 Å². The van der Waals surface area contributed by atoms with Crippen molar-refractivity contribution in [3.05, 3.63) is 78.3 Å². The van der Waals surface area contributed by atoms with Crippen molar-refractivity contribution in [1.82, 2.24) is 29.5 Å². The Kier molecular flexibility index (Phi) is 6.16. The fourth-order valence-corrected chi connectivity index (χ4v) is 3.29. The summed E-state index contributed by atoms with van der Waals surface area (Å²) < 4.78 is 1.97. The van der Waals surface area contributed by atoms with Crippen LogP contribution in [0.5, 0.6) is 0 Å². The first-order valence-electron chi connectivity index (χ1n) is 10.3. The van der Waals surface area contributed by atoms with Crippen LogP contribution in [0.15, 0.2) is 66.2 Å². The molecule has 4 aromatic heterocycles. The number of anilines is 1. The van der Waals surface area contributed by atoms with Gasteiger partial charge in [-0.1, -0.05) is 13.8 Å². The summed E-state index contributed by atoms with van der Waals surface area (Å²) in [6.45, 7) is 4.35. The standard InChI is InChI=1S/C23H25N9/c1-15(2)16-5-9-26-18(12-16)14-22-31-30-21-13-17(7-11-32(21)22)19-6-10-27-23(28-19)29-20(25-3)4-8-24/h4-13,15H,14,24H2,1-3H3,(H,25,27,28,29). The average molecular weight is 428 g/mol. The third-order valence-electron chi connectivity index (χ3n) is 5.01. The second-order valence-electron chi connectivity index (χ2n) is 7.53. The Morgan fingerprint density at radius 3 is 2.78 bits per heavy atom. The maximum atomic E-state index is 5.44. The van der Waals surface area contributed by atoms with E-state index in [-0.39, 0.29) is 0 Å². The Bertz CT molecular complexity index is 1290. The molecular formula is C23H25N9. The molecular weight excluding hydrogens is 402 g/mol. The second-order valence-corrected chi connectivity index (χ2v) is 7.53. The topological polar surface area (TPSA) is 119 Å². The van der Waals surface area contributed by atoms with E-state index in [2.05, 4.69) is 61.4 Å². The fraction of sp³-hybridized carbons (Fsp3) is 0.217. The normalized spacial score (nSPS) is 12.2. The number of nitrogens with one attached hydrogen (secondary N) is 1. The molecule has 0 aliphatic rings. The molecule has 4 heterocycles. The minimum absolute atomic E-state index is 0.430. The fourth-order valence-electron chi connectivity index (χ4n) is 3.29. The molecule has 4 aromatic rings. The van der Waals surface area contributed by atoms with Gasteiger partial charge < -0.3 is 11.1 Å². The van der Waals surface area contributed by atoms with Crippen LogP contribution in [0.3, 0.4) is 0 Å². The number of pyridine rings is 2. The smallest absolute Gasteiger partial charge is 0.228 e. The highest BCUT2D eigenvalue weighted by molar-refractivity contribution is 6.02. The Hall–Kier alpha value is -4.14. The molecule has 9 nitrogen and oxygen atoms in total. The number of amidine groups is 1. The first kappa shape index (κ1) is 21.1. The number of fused-ring (bicyclic) bond motifs is 1. The van der Waals surface area contributed by atoms with Crippen molar-refractivity contribution in [2.75, 3.05) is 12.4 Å². The SMILES string of the molecule is CN=C(C=CN)Nc1nccc(-c2ccn3c(Cc4cc(C(C)C)ccn4)nnc3c2)n1. The van der Waals surface area contributed by atoms with E-state index in [1.165, 1.54) is 11.8 Å². The number of nitrogens with two attached hydrogens (primary N) is 1. The number of hydrogen-bond donors (Lipinski definition) is 2. The van der Waals surface area contributed by atoms with Gasteiger partial charge in [0.05, 0.1) is 12.1 Å².